The quantitative estimate of drug-likeness (QED) is 0.561. The maximum absolute atomic E-state index is 13.0. The second-order valence-electron chi connectivity index (χ2n) is 9.14. The van der Waals surface area contributed by atoms with E-state index in [0.29, 0.717) is 29.8 Å². The first-order chi connectivity index (χ1) is 14.8. The fourth-order valence-electron chi connectivity index (χ4n) is 4.19. The number of aromatic nitrogens is 1. The third-order valence-electron chi connectivity index (χ3n) is 5.81. The molecule has 2 heterocycles. The van der Waals surface area contributed by atoms with Crippen LogP contribution in [0, 0.1) is 18.8 Å². The molecule has 4 N–H and O–H groups in total. The summed E-state index contributed by atoms with van der Waals surface area (Å²) in [6.07, 6.45) is 0.622. The number of anilines is 1. The molecular formula is C24H37N5O2. The van der Waals surface area contributed by atoms with Gasteiger partial charge in [-0.25, -0.2) is 4.98 Å². The second kappa shape index (κ2) is 10.4. The normalized spacial score (nSPS) is 20.3. The van der Waals surface area contributed by atoms with Crippen LogP contribution in [0.5, 0.6) is 0 Å². The molecule has 7 nitrogen and oxygen atoms in total. The molecule has 1 aliphatic heterocycles. The van der Waals surface area contributed by atoms with Crippen molar-refractivity contribution in [2.24, 2.45) is 17.6 Å². The van der Waals surface area contributed by atoms with E-state index in [1.807, 2.05) is 25.1 Å². The van der Waals surface area contributed by atoms with Gasteiger partial charge in [-0.15, -0.1) is 0 Å². The molecule has 170 valence electrons. The topological polar surface area (TPSA) is 92.5 Å². The van der Waals surface area contributed by atoms with E-state index in [-0.39, 0.29) is 12.0 Å². The molecule has 7 heteroatoms. The van der Waals surface area contributed by atoms with Gasteiger partial charge >= 0.3 is 0 Å². The van der Waals surface area contributed by atoms with Gasteiger partial charge in [0, 0.05) is 38.0 Å². The molecule has 3 rings (SSSR count). The van der Waals surface area contributed by atoms with Gasteiger partial charge in [0.1, 0.15) is 5.82 Å². The molecule has 1 aliphatic rings. The van der Waals surface area contributed by atoms with Crippen LogP contribution in [-0.2, 0) is 4.74 Å². The van der Waals surface area contributed by atoms with Gasteiger partial charge in [0.25, 0.3) is 5.91 Å². The average Bonchev–Trinajstić information content (AvgIpc) is 2.72. The second-order valence-corrected chi connectivity index (χ2v) is 9.14. The van der Waals surface area contributed by atoms with Crippen molar-refractivity contribution in [3.63, 3.8) is 0 Å². The summed E-state index contributed by atoms with van der Waals surface area (Å²) in [5.41, 5.74) is 8.41. The number of pyridine rings is 1. The zero-order valence-electron chi connectivity index (χ0n) is 19.4. The molecule has 0 bridgehead atoms. The molecule has 1 fully saturated rings. The Hall–Kier alpha value is -2.22. The zero-order chi connectivity index (χ0) is 22.5. The molecule has 1 aromatic carbocycles. The van der Waals surface area contributed by atoms with Gasteiger partial charge < -0.3 is 26.0 Å². The number of methoxy groups -OCH3 is 1. The van der Waals surface area contributed by atoms with Crippen molar-refractivity contribution in [2.45, 2.75) is 46.4 Å². The Morgan fingerprint density at radius 2 is 2.10 bits per heavy atom. The highest BCUT2D eigenvalue weighted by molar-refractivity contribution is 6.02. The van der Waals surface area contributed by atoms with Crippen LogP contribution in [-0.4, -0.2) is 56.4 Å². The largest absolute Gasteiger partial charge is 0.379 e. The lowest BCUT2D eigenvalue weighted by Crippen LogP contribution is -2.49. The van der Waals surface area contributed by atoms with Gasteiger partial charge in [-0.05, 0) is 50.9 Å². The van der Waals surface area contributed by atoms with Gasteiger partial charge in [0.2, 0.25) is 0 Å². The minimum atomic E-state index is -0.432. The number of ether oxygens (including phenoxy) is 1. The van der Waals surface area contributed by atoms with E-state index in [0.717, 1.165) is 42.5 Å². The number of benzene rings is 1. The predicted octanol–water partition coefficient (Wildman–Crippen LogP) is 2.66. The summed E-state index contributed by atoms with van der Waals surface area (Å²) >= 11 is 0. The number of nitrogens with two attached hydrogens (primary N) is 1. The monoisotopic (exact) mass is 427 g/mol. The summed E-state index contributed by atoms with van der Waals surface area (Å²) < 4.78 is 5.85. The number of nitrogens with one attached hydrogen (secondary N) is 2. The molecule has 0 aliphatic carbocycles. The number of carbonyl (C=O) groups excluding carboxylic acids is 1. The van der Waals surface area contributed by atoms with Crippen molar-refractivity contribution >= 4 is 22.6 Å². The van der Waals surface area contributed by atoms with Crippen LogP contribution in [0.2, 0.25) is 0 Å². The smallest absolute Gasteiger partial charge is 0.256 e. The van der Waals surface area contributed by atoms with Crippen LogP contribution in [0.15, 0.2) is 24.3 Å². The lowest BCUT2D eigenvalue weighted by Gasteiger charge is -2.39. The molecule has 1 aromatic heterocycles. The predicted molar refractivity (Wildman–Crippen MR) is 126 cm³/mol. The highest BCUT2D eigenvalue weighted by Gasteiger charge is 2.32. The minimum Gasteiger partial charge on any atom is -0.379 e. The fourth-order valence-corrected chi connectivity index (χ4v) is 4.19. The van der Waals surface area contributed by atoms with E-state index >= 15 is 0 Å². The van der Waals surface area contributed by atoms with Crippen LogP contribution in [0.3, 0.4) is 0 Å². The summed E-state index contributed by atoms with van der Waals surface area (Å²) in [6.45, 7) is 11.7. The van der Waals surface area contributed by atoms with E-state index in [1.165, 1.54) is 0 Å². The third kappa shape index (κ3) is 5.93. The van der Waals surface area contributed by atoms with Crippen LogP contribution >= 0.6 is 0 Å². The maximum atomic E-state index is 13.0. The van der Waals surface area contributed by atoms with Crippen molar-refractivity contribution in [3.05, 3.63) is 35.4 Å². The van der Waals surface area contributed by atoms with Gasteiger partial charge in [0.15, 0.2) is 0 Å². The number of fused-ring (bicyclic) bond motifs is 1. The van der Waals surface area contributed by atoms with E-state index in [4.69, 9.17) is 15.5 Å². The Kier molecular flexibility index (Phi) is 7.86. The molecule has 0 radical (unpaired) electrons. The van der Waals surface area contributed by atoms with E-state index in [1.54, 1.807) is 14.0 Å². The Balaban J connectivity index is 1.88. The summed E-state index contributed by atoms with van der Waals surface area (Å²) in [7, 11) is 1.77. The number of carbonyl (C=O) groups is 1. The molecule has 1 saturated heterocycles. The Morgan fingerprint density at radius 1 is 1.32 bits per heavy atom. The number of hydrogen-bond donors (Lipinski definition) is 3. The number of amides is 1. The Morgan fingerprint density at radius 3 is 2.77 bits per heavy atom. The number of nitrogens with zero attached hydrogens (tertiary/aromatic N) is 2. The van der Waals surface area contributed by atoms with Crippen LogP contribution in [0.4, 0.5) is 5.82 Å². The summed E-state index contributed by atoms with van der Waals surface area (Å²) in [6, 6.07) is 8.04. The molecular weight excluding hydrogens is 390 g/mol. The molecule has 2 aromatic rings. The average molecular weight is 428 g/mol. The van der Waals surface area contributed by atoms with E-state index in [9.17, 15) is 4.79 Å². The van der Waals surface area contributed by atoms with E-state index in [2.05, 4.69) is 35.4 Å². The number of rotatable bonds is 8. The first-order valence-electron chi connectivity index (χ1n) is 11.2. The number of hydrogen-bond acceptors (Lipinski definition) is 6. The lowest BCUT2D eigenvalue weighted by molar-refractivity contribution is 0.0421. The zero-order valence-corrected chi connectivity index (χ0v) is 19.4. The maximum Gasteiger partial charge on any atom is 0.256 e. The fraction of sp³-hybridized carbons (Fsp3) is 0.583. The molecule has 0 spiro atoms. The van der Waals surface area contributed by atoms with Crippen molar-refractivity contribution < 1.29 is 9.53 Å². The number of piperidine rings is 1. The highest BCUT2D eigenvalue weighted by Crippen LogP contribution is 2.29. The first kappa shape index (κ1) is 23.4. The highest BCUT2D eigenvalue weighted by atomic mass is 16.5. The summed E-state index contributed by atoms with van der Waals surface area (Å²) in [4.78, 5) is 20.1. The minimum absolute atomic E-state index is 0.0771. The Bertz CT molecular complexity index is 899. The molecule has 1 amide bonds. The molecule has 31 heavy (non-hydrogen) atoms. The van der Waals surface area contributed by atoms with Crippen molar-refractivity contribution in [1.82, 2.24) is 15.6 Å². The van der Waals surface area contributed by atoms with Gasteiger partial charge in [-0.2, -0.15) is 0 Å². The van der Waals surface area contributed by atoms with Crippen molar-refractivity contribution in [3.8, 4) is 0 Å². The van der Waals surface area contributed by atoms with Gasteiger partial charge in [0.05, 0.1) is 23.3 Å². The molecule has 1 unspecified atom stereocenters. The van der Waals surface area contributed by atoms with Crippen LogP contribution in [0.25, 0.3) is 10.9 Å². The SMILES string of the molecule is CO[C@H]1CN(c2nc3ccc(C)cc3cc2C(=O)NC(C)N)CC[C@H]1CNCC(C)C. The van der Waals surface area contributed by atoms with Crippen LogP contribution < -0.4 is 21.3 Å². The molecule has 0 saturated carbocycles. The van der Waals surface area contributed by atoms with Crippen molar-refractivity contribution in [2.75, 3.05) is 38.2 Å². The molecule has 3 atom stereocenters. The Labute approximate surface area is 185 Å². The lowest BCUT2D eigenvalue weighted by atomic mass is 9.93. The van der Waals surface area contributed by atoms with E-state index < -0.39 is 6.17 Å². The van der Waals surface area contributed by atoms with Gasteiger partial charge in [-0.1, -0.05) is 25.5 Å². The van der Waals surface area contributed by atoms with Crippen molar-refractivity contribution in [1.29, 1.82) is 0 Å². The number of aryl methyl sites for hydroxylation is 1. The summed E-state index contributed by atoms with van der Waals surface area (Å²) in [5, 5.41) is 7.34. The van der Waals surface area contributed by atoms with Gasteiger partial charge in [-0.3, -0.25) is 4.79 Å². The standard InChI is InChI=1S/C24H37N5O2/c1-15(2)12-26-13-18-8-9-29(14-22(18)31-5)23-20(24(30)27-17(4)25)11-19-10-16(3)6-7-21(19)28-23/h6-7,10-11,15,17-18,22,26H,8-9,12-14,25H2,1-5H3,(H,27,30)/t17?,18-,22-/m0/s1. The third-order valence-corrected chi connectivity index (χ3v) is 5.81. The van der Waals surface area contributed by atoms with Crippen LogP contribution in [0.1, 0.15) is 43.1 Å². The first-order valence-corrected chi connectivity index (χ1v) is 11.2. The summed E-state index contributed by atoms with van der Waals surface area (Å²) in [5.74, 6) is 1.56.